The van der Waals surface area contributed by atoms with Gasteiger partial charge in [0, 0.05) is 16.9 Å². The highest BCUT2D eigenvalue weighted by atomic mass is 35.5. The molecule has 0 saturated heterocycles. The third-order valence-corrected chi connectivity index (χ3v) is 4.29. The largest absolute Gasteiger partial charge is 0.493 e. The smallest absolute Gasteiger partial charge is 0.274 e. The molecule has 3 rings (SSSR count). The van der Waals surface area contributed by atoms with E-state index in [1.165, 1.54) is 0 Å². The number of nitrogens with one attached hydrogen (secondary N) is 1. The molecule has 24 heavy (non-hydrogen) atoms. The third kappa shape index (κ3) is 2.83. The highest BCUT2D eigenvalue weighted by Gasteiger charge is 2.20. The molecule has 0 spiro atoms. The number of methoxy groups -OCH3 is 1. The van der Waals surface area contributed by atoms with Crippen molar-refractivity contribution < 1.29 is 9.53 Å². The predicted molar refractivity (Wildman–Crippen MR) is 95.3 cm³/mol. The molecule has 1 aromatic carbocycles. The van der Waals surface area contributed by atoms with Crippen LogP contribution in [0.15, 0.2) is 36.5 Å². The van der Waals surface area contributed by atoms with Gasteiger partial charge in [-0.15, -0.1) is 0 Å². The number of hydrogen-bond acceptors (Lipinski definition) is 3. The summed E-state index contributed by atoms with van der Waals surface area (Å²) in [7, 11) is 1.59. The molecule has 2 heterocycles. The van der Waals surface area contributed by atoms with E-state index in [0.29, 0.717) is 34.2 Å². The van der Waals surface area contributed by atoms with Crippen LogP contribution >= 0.6 is 11.6 Å². The van der Waals surface area contributed by atoms with E-state index >= 15 is 0 Å². The van der Waals surface area contributed by atoms with E-state index < -0.39 is 0 Å². The number of nitrogens with zero attached hydrogens (tertiary/aromatic N) is 2. The molecule has 6 heteroatoms. The number of carbonyl (C=O) groups excluding carboxylic acids is 1. The van der Waals surface area contributed by atoms with Gasteiger partial charge in [-0.25, -0.2) is 4.98 Å². The van der Waals surface area contributed by atoms with Crippen LogP contribution < -0.4 is 10.1 Å². The topological polar surface area (TPSA) is 55.6 Å². The quantitative estimate of drug-likeness (QED) is 0.775. The van der Waals surface area contributed by atoms with Gasteiger partial charge in [-0.05, 0) is 43.2 Å². The Bertz CT molecular complexity index is 918. The number of ether oxygens (including phenoxy) is 1. The molecule has 2 aromatic heterocycles. The normalized spacial score (nSPS) is 10.8. The first-order chi connectivity index (χ1) is 11.5. The minimum atomic E-state index is -0.229. The van der Waals surface area contributed by atoms with Crippen LogP contribution in [0.4, 0.5) is 5.69 Å². The van der Waals surface area contributed by atoms with Crippen molar-refractivity contribution in [1.82, 2.24) is 9.38 Å². The average molecular weight is 344 g/mol. The van der Waals surface area contributed by atoms with E-state index in [9.17, 15) is 4.79 Å². The van der Waals surface area contributed by atoms with E-state index in [0.717, 1.165) is 11.3 Å². The molecule has 0 aliphatic rings. The fourth-order valence-corrected chi connectivity index (χ4v) is 2.78. The number of carbonyl (C=O) groups is 1. The van der Waals surface area contributed by atoms with E-state index in [-0.39, 0.29) is 5.91 Å². The van der Waals surface area contributed by atoms with Crippen molar-refractivity contribution in [2.45, 2.75) is 20.3 Å². The standard InChI is InChI=1S/C18H18ClN3O2/c1-4-14-16(22-9-5-6-15(24-3)17(22)21-14)18(23)20-12-8-7-11(2)13(19)10-12/h5-10H,4H2,1-3H3,(H,20,23). The van der Waals surface area contributed by atoms with Crippen molar-refractivity contribution >= 4 is 28.8 Å². The number of imidazole rings is 1. The first-order valence-electron chi connectivity index (χ1n) is 7.66. The average Bonchev–Trinajstić information content (AvgIpc) is 2.96. The summed E-state index contributed by atoms with van der Waals surface area (Å²) < 4.78 is 7.09. The zero-order chi connectivity index (χ0) is 17.3. The molecule has 0 bridgehead atoms. The number of halogens is 1. The zero-order valence-electron chi connectivity index (χ0n) is 13.8. The monoisotopic (exact) mass is 343 g/mol. The number of benzene rings is 1. The maximum atomic E-state index is 12.8. The second kappa shape index (κ2) is 6.53. The predicted octanol–water partition coefficient (Wildman–Crippen LogP) is 4.12. The molecule has 0 unspecified atom stereocenters. The van der Waals surface area contributed by atoms with Gasteiger partial charge in [0.15, 0.2) is 11.4 Å². The number of anilines is 1. The fourth-order valence-electron chi connectivity index (χ4n) is 2.60. The summed E-state index contributed by atoms with van der Waals surface area (Å²) in [5, 5.41) is 3.51. The minimum absolute atomic E-state index is 0.229. The van der Waals surface area contributed by atoms with Crippen molar-refractivity contribution in [2.24, 2.45) is 0 Å². The number of amides is 1. The van der Waals surface area contributed by atoms with E-state index in [4.69, 9.17) is 16.3 Å². The Morgan fingerprint density at radius 2 is 2.17 bits per heavy atom. The van der Waals surface area contributed by atoms with Crippen LogP contribution in [-0.4, -0.2) is 22.4 Å². The highest BCUT2D eigenvalue weighted by molar-refractivity contribution is 6.31. The Kier molecular flexibility index (Phi) is 4.44. The van der Waals surface area contributed by atoms with E-state index in [1.54, 1.807) is 23.8 Å². The van der Waals surface area contributed by atoms with Gasteiger partial charge in [0.05, 0.1) is 12.8 Å². The van der Waals surface area contributed by atoms with E-state index in [1.807, 2.05) is 38.1 Å². The van der Waals surface area contributed by atoms with Gasteiger partial charge in [0.25, 0.3) is 5.91 Å². The number of pyridine rings is 1. The van der Waals surface area contributed by atoms with Crippen LogP contribution in [0, 0.1) is 6.92 Å². The molecule has 5 nitrogen and oxygen atoms in total. The molecule has 1 N–H and O–H groups in total. The SMILES string of the molecule is CCc1nc2c(OC)cccn2c1C(=O)Nc1ccc(C)c(Cl)c1. The van der Waals surface area contributed by atoms with Crippen LogP contribution in [0.1, 0.15) is 28.7 Å². The maximum absolute atomic E-state index is 12.8. The lowest BCUT2D eigenvalue weighted by molar-refractivity contribution is 0.102. The summed E-state index contributed by atoms with van der Waals surface area (Å²) in [6, 6.07) is 9.09. The van der Waals surface area contributed by atoms with Gasteiger partial charge < -0.3 is 10.1 Å². The second-order valence-corrected chi connectivity index (χ2v) is 5.86. The van der Waals surface area contributed by atoms with Crippen LogP contribution in [0.25, 0.3) is 5.65 Å². The molecule has 0 fully saturated rings. The number of aryl methyl sites for hydroxylation is 2. The Hall–Kier alpha value is -2.53. The van der Waals surface area contributed by atoms with Gasteiger partial charge in [0.1, 0.15) is 5.69 Å². The van der Waals surface area contributed by atoms with Gasteiger partial charge in [-0.3, -0.25) is 9.20 Å². The zero-order valence-corrected chi connectivity index (χ0v) is 14.5. The van der Waals surface area contributed by atoms with Gasteiger partial charge in [-0.1, -0.05) is 24.6 Å². The molecule has 0 saturated carbocycles. The molecule has 0 radical (unpaired) electrons. The number of rotatable bonds is 4. The van der Waals surface area contributed by atoms with Gasteiger partial charge in [0.2, 0.25) is 0 Å². The molecule has 0 atom stereocenters. The molecule has 0 aliphatic carbocycles. The van der Waals surface area contributed by atoms with Crippen molar-refractivity contribution in [1.29, 1.82) is 0 Å². The van der Waals surface area contributed by atoms with Gasteiger partial charge >= 0.3 is 0 Å². The summed E-state index contributed by atoms with van der Waals surface area (Å²) in [6.45, 7) is 3.88. The van der Waals surface area contributed by atoms with Gasteiger partial charge in [-0.2, -0.15) is 0 Å². The van der Waals surface area contributed by atoms with Crippen LogP contribution in [-0.2, 0) is 6.42 Å². The van der Waals surface area contributed by atoms with Crippen LogP contribution in [0.3, 0.4) is 0 Å². The lowest BCUT2D eigenvalue weighted by Crippen LogP contribution is -2.16. The number of hydrogen-bond donors (Lipinski definition) is 1. The highest BCUT2D eigenvalue weighted by Crippen LogP contribution is 2.24. The summed E-state index contributed by atoms with van der Waals surface area (Å²) >= 11 is 6.13. The minimum Gasteiger partial charge on any atom is -0.493 e. The summed E-state index contributed by atoms with van der Waals surface area (Å²) in [6.07, 6.45) is 2.45. The first kappa shape index (κ1) is 16.3. The fraction of sp³-hybridized carbons (Fsp3) is 0.222. The Balaban J connectivity index is 2.04. The first-order valence-corrected chi connectivity index (χ1v) is 8.04. The van der Waals surface area contributed by atoms with E-state index in [2.05, 4.69) is 10.3 Å². The summed E-state index contributed by atoms with van der Waals surface area (Å²) in [5.74, 6) is 0.400. The Morgan fingerprint density at radius 3 is 2.83 bits per heavy atom. The van der Waals surface area contributed by atoms with Crippen LogP contribution in [0.2, 0.25) is 5.02 Å². The summed E-state index contributed by atoms with van der Waals surface area (Å²) in [5.41, 5.74) is 3.46. The molecule has 124 valence electrons. The van der Waals surface area contributed by atoms with Crippen molar-refractivity contribution in [3.05, 3.63) is 58.5 Å². The lowest BCUT2D eigenvalue weighted by atomic mass is 10.2. The molecule has 3 aromatic rings. The molecular weight excluding hydrogens is 326 g/mol. The third-order valence-electron chi connectivity index (χ3n) is 3.89. The lowest BCUT2D eigenvalue weighted by Gasteiger charge is -2.08. The molecular formula is C18H18ClN3O2. The molecule has 1 amide bonds. The number of fused-ring (bicyclic) bond motifs is 1. The Morgan fingerprint density at radius 1 is 1.38 bits per heavy atom. The second-order valence-electron chi connectivity index (χ2n) is 5.45. The summed E-state index contributed by atoms with van der Waals surface area (Å²) in [4.78, 5) is 17.4. The Labute approximate surface area is 145 Å². The van der Waals surface area contributed by atoms with Crippen molar-refractivity contribution in [3.8, 4) is 5.75 Å². The maximum Gasteiger partial charge on any atom is 0.274 e. The van der Waals surface area contributed by atoms with Crippen LogP contribution in [0.5, 0.6) is 5.75 Å². The molecule has 0 aliphatic heterocycles. The van der Waals surface area contributed by atoms with Crippen molar-refractivity contribution in [2.75, 3.05) is 12.4 Å². The van der Waals surface area contributed by atoms with Crippen molar-refractivity contribution in [3.63, 3.8) is 0 Å². The number of aromatic nitrogens is 2.